The van der Waals surface area contributed by atoms with Crippen molar-refractivity contribution in [3.05, 3.63) is 41.0 Å². The van der Waals surface area contributed by atoms with Crippen LogP contribution < -0.4 is 14.4 Å². The van der Waals surface area contributed by atoms with Crippen LogP contribution in [0, 0.1) is 0 Å². The fourth-order valence-electron chi connectivity index (χ4n) is 2.80. The van der Waals surface area contributed by atoms with Crippen LogP contribution in [0.3, 0.4) is 0 Å². The Labute approximate surface area is 158 Å². The van der Waals surface area contributed by atoms with Gasteiger partial charge in [0.15, 0.2) is 12.4 Å². The maximum Gasteiger partial charge on any atom is 0.265 e. The number of aliphatic hydroxyl groups excluding tert-OH is 1. The Hall–Kier alpha value is -3.04. The van der Waals surface area contributed by atoms with E-state index < -0.39 is 12.4 Å². The number of carbonyl (C=O) groups is 2. The number of Topliss-reactive ketones (excluding diaryl/α,β-unsaturated/α-hetero) is 1. The highest BCUT2D eigenvalue weighted by atomic mass is 32.1. The molecule has 1 aromatic carbocycles. The molecule has 3 aromatic rings. The zero-order chi connectivity index (χ0) is 19.0. The summed E-state index contributed by atoms with van der Waals surface area (Å²) in [6.45, 7) is -0.453. The number of aliphatic hydroxyl groups is 1. The van der Waals surface area contributed by atoms with Crippen LogP contribution in [-0.4, -0.2) is 47.1 Å². The second-order valence-corrected chi connectivity index (χ2v) is 6.90. The molecule has 4 rings (SSSR count). The molecule has 2 aromatic heterocycles. The number of ether oxygens (including phenoxy) is 2. The summed E-state index contributed by atoms with van der Waals surface area (Å²) in [5.74, 6) is 0.456. The van der Waals surface area contributed by atoms with Gasteiger partial charge in [0.25, 0.3) is 5.91 Å². The predicted octanol–water partition coefficient (Wildman–Crippen LogP) is 1.80. The van der Waals surface area contributed by atoms with Crippen molar-refractivity contribution in [1.29, 1.82) is 0 Å². The molecule has 0 unspecified atom stereocenters. The van der Waals surface area contributed by atoms with Crippen LogP contribution in [0.1, 0.15) is 15.4 Å². The van der Waals surface area contributed by atoms with Crippen LogP contribution in [0.15, 0.2) is 30.5 Å². The molecule has 138 valence electrons. The number of amides is 1. The van der Waals surface area contributed by atoms with Crippen LogP contribution in [0.4, 0.5) is 5.69 Å². The van der Waals surface area contributed by atoms with Gasteiger partial charge in [0.05, 0.1) is 25.5 Å². The number of benzene rings is 1. The first-order chi connectivity index (χ1) is 13.1. The van der Waals surface area contributed by atoms with Crippen LogP contribution in [0.25, 0.3) is 10.3 Å². The monoisotopic (exact) mass is 385 g/mol. The normalized spacial score (nSPS) is 13.4. The molecule has 1 aliphatic heterocycles. The number of rotatable bonds is 5. The SMILES string of the molecule is COc1cnc2sc(CN3C(=O)COc4ccc(C(=O)CO)cc43)nc2c1. The van der Waals surface area contributed by atoms with Gasteiger partial charge in [-0.05, 0) is 18.2 Å². The average Bonchev–Trinajstić information content (AvgIpc) is 3.10. The summed E-state index contributed by atoms with van der Waals surface area (Å²) in [7, 11) is 1.56. The van der Waals surface area contributed by atoms with Gasteiger partial charge in [-0.15, -0.1) is 0 Å². The maximum absolute atomic E-state index is 12.4. The first kappa shape index (κ1) is 17.4. The molecule has 0 aliphatic carbocycles. The highest BCUT2D eigenvalue weighted by Gasteiger charge is 2.27. The van der Waals surface area contributed by atoms with E-state index in [1.54, 1.807) is 37.6 Å². The molecule has 3 heterocycles. The molecule has 1 aliphatic rings. The molecule has 1 N–H and O–H groups in total. The molecule has 8 nitrogen and oxygen atoms in total. The third-order valence-corrected chi connectivity index (χ3v) is 5.13. The van der Waals surface area contributed by atoms with E-state index in [0.717, 1.165) is 4.83 Å². The van der Waals surface area contributed by atoms with Gasteiger partial charge in [-0.2, -0.15) is 0 Å². The van der Waals surface area contributed by atoms with Gasteiger partial charge in [-0.25, -0.2) is 9.97 Å². The molecule has 0 saturated heterocycles. The number of methoxy groups -OCH3 is 1. The van der Waals surface area contributed by atoms with Crippen LogP contribution in [0.5, 0.6) is 11.5 Å². The molecule has 0 spiro atoms. The Morgan fingerprint density at radius 1 is 1.41 bits per heavy atom. The minimum atomic E-state index is -0.598. The van der Waals surface area contributed by atoms with Crippen molar-refractivity contribution >= 4 is 39.1 Å². The maximum atomic E-state index is 12.4. The topological polar surface area (TPSA) is 102 Å². The summed E-state index contributed by atoms with van der Waals surface area (Å²) in [6.07, 6.45) is 1.62. The van der Waals surface area contributed by atoms with Gasteiger partial charge in [0.2, 0.25) is 0 Å². The Morgan fingerprint density at radius 2 is 2.26 bits per heavy atom. The number of nitrogens with zero attached hydrogens (tertiary/aromatic N) is 3. The zero-order valence-corrected chi connectivity index (χ0v) is 15.2. The number of hydrogen-bond donors (Lipinski definition) is 1. The van der Waals surface area contributed by atoms with Crippen molar-refractivity contribution in [2.75, 3.05) is 25.2 Å². The second kappa shape index (κ2) is 6.93. The van der Waals surface area contributed by atoms with Crippen LogP contribution in [0.2, 0.25) is 0 Å². The predicted molar refractivity (Wildman–Crippen MR) is 98.5 cm³/mol. The van der Waals surface area contributed by atoms with E-state index in [0.29, 0.717) is 33.3 Å². The van der Waals surface area contributed by atoms with Crippen molar-refractivity contribution in [2.45, 2.75) is 6.54 Å². The van der Waals surface area contributed by atoms with Gasteiger partial charge in [-0.1, -0.05) is 11.3 Å². The van der Waals surface area contributed by atoms with E-state index in [1.165, 1.54) is 16.2 Å². The largest absolute Gasteiger partial charge is 0.495 e. The highest BCUT2D eigenvalue weighted by molar-refractivity contribution is 7.18. The Bertz CT molecular complexity index is 1050. The Balaban J connectivity index is 1.69. The van der Waals surface area contributed by atoms with E-state index in [1.807, 2.05) is 0 Å². The number of thiazole rings is 1. The first-order valence-corrected chi connectivity index (χ1v) is 8.91. The quantitative estimate of drug-likeness (QED) is 0.668. The van der Waals surface area contributed by atoms with E-state index in [9.17, 15) is 9.59 Å². The number of anilines is 1. The smallest absolute Gasteiger partial charge is 0.265 e. The lowest BCUT2D eigenvalue weighted by Crippen LogP contribution is -2.38. The van der Waals surface area contributed by atoms with Crippen LogP contribution >= 0.6 is 11.3 Å². The van der Waals surface area contributed by atoms with Crippen molar-refractivity contribution < 1.29 is 24.2 Å². The lowest BCUT2D eigenvalue weighted by molar-refractivity contribution is -0.121. The summed E-state index contributed by atoms with van der Waals surface area (Å²) in [6, 6.07) is 6.54. The Kier molecular flexibility index (Phi) is 4.46. The zero-order valence-electron chi connectivity index (χ0n) is 14.3. The molecular formula is C18H15N3O5S. The minimum Gasteiger partial charge on any atom is -0.495 e. The molecule has 0 atom stereocenters. The fraction of sp³-hybridized carbons (Fsp3) is 0.222. The van der Waals surface area contributed by atoms with Crippen molar-refractivity contribution in [1.82, 2.24) is 9.97 Å². The molecule has 27 heavy (non-hydrogen) atoms. The number of ketones is 1. The number of hydrogen-bond acceptors (Lipinski definition) is 8. The van der Waals surface area contributed by atoms with Gasteiger partial charge in [-0.3, -0.25) is 14.5 Å². The van der Waals surface area contributed by atoms with E-state index in [2.05, 4.69) is 9.97 Å². The van der Waals surface area contributed by atoms with Gasteiger partial charge >= 0.3 is 0 Å². The second-order valence-electron chi connectivity index (χ2n) is 5.84. The fourth-order valence-corrected chi connectivity index (χ4v) is 3.68. The summed E-state index contributed by atoms with van der Waals surface area (Å²) in [4.78, 5) is 35.3. The van der Waals surface area contributed by atoms with Gasteiger partial charge in [0, 0.05) is 11.6 Å². The third kappa shape index (κ3) is 3.22. The molecule has 9 heteroatoms. The number of aromatic nitrogens is 2. The van der Waals surface area contributed by atoms with E-state index in [-0.39, 0.29) is 19.1 Å². The third-order valence-electron chi connectivity index (χ3n) is 4.16. The molecule has 1 amide bonds. The molecule has 0 bridgehead atoms. The van der Waals surface area contributed by atoms with Crippen molar-refractivity contribution in [2.24, 2.45) is 0 Å². The van der Waals surface area contributed by atoms with E-state index >= 15 is 0 Å². The van der Waals surface area contributed by atoms with Crippen LogP contribution in [-0.2, 0) is 11.3 Å². The number of carbonyl (C=O) groups excluding carboxylic acids is 2. The number of fused-ring (bicyclic) bond motifs is 2. The van der Waals surface area contributed by atoms with Gasteiger partial charge in [0.1, 0.15) is 33.5 Å². The summed E-state index contributed by atoms with van der Waals surface area (Å²) >= 11 is 1.38. The average molecular weight is 385 g/mol. The lowest BCUT2D eigenvalue weighted by Gasteiger charge is -2.29. The van der Waals surface area contributed by atoms with Gasteiger partial charge < -0.3 is 14.6 Å². The summed E-state index contributed by atoms with van der Waals surface area (Å²) < 4.78 is 10.6. The standard InChI is InChI=1S/C18H15N3O5S/c1-25-11-5-12-18(19-6-11)27-16(20-12)7-21-13-4-10(14(23)8-22)2-3-15(13)26-9-17(21)24/h2-6,22H,7-9H2,1H3. The number of pyridine rings is 1. The molecule has 0 radical (unpaired) electrons. The molecule has 0 fully saturated rings. The highest BCUT2D eigenvalue weighted by Crippen LogP contribution is 2.35. The first-order valence-electron chi connectivity index (χ1n) is 8.10. The van der Waals surface area contributed by atoms with E-state index in [4.69, 9.17) is 14.6 Å². The molecule has 0 saturated carbocycles. The Morgan fingerprint density at radius 3 is 3.04 bits per heavy atom. The van der Waals surface area contributed by atoms with Crippen molar-refractivity contribution in [3.63, 3.8) is 0 Å². The summed E-state index contributed by atoms with van der Waals surface area (Å²) in [5, 5.41) is 9.78. The minimum absolute atomic E-state index is 0.0861. The van der Waals surface area contributed by atoms with Crippen molar-refractivity contribution in [3.8, 4) is 11.5 Å². The molecular weight excluding hydrogens is 370 g/mol. The lowest BCUT2D eigenvalue weighted by atomic mass is 10.1. The summed E-state index contributed by atoms with van der Waals surface area (Å²) in [5.41, 5.74) is 1.49.